The molecule has 0 fully saturated rings. The van der Waals surface area contributed by atoms with Gasteiger partial charge < -0.3 is 18.9 Å². The average molecular weight is 403 g/mol. The van der Waals surface area contributed by atoms with Gasteiger partial charge in [-0.25, -0.2) is 0 Å². The molecule has 168 valence electrons. The van der Waals surface area contributed by atoms with Crippen molar-refractivity contribution >= 4 is 5.97 Å². The van der Waals surface area contributed by atoms with Gasteiger partial charge in [-0.05, 0) is 19.3 Å². The lowest BCUT2D eigenvalue weighted by molar-refractivity contribution is -0.144. The highest BCUT2D eigenvalue weighted by Crippen LogP contribution is 2.09. The number of carbonyl (C=O) groups excluding carboxylic acids is 1. The first-order valence-electron chi connectivity index (χ1n) is 11.7. The van der Waals surface area contributed by atoms with Gasteiger partial charge in [0.05, 0.1) is 33.0 Å². The molecule has 0 amide bonds. The van der Waals surface area contributed by atoms with Gasteiger partial charge in [0.2, 0.25) is 0 Å². The molecule has 5 heteroatoms. The second-order valence-corrected chi connectivity index (χ2v) is 7.34. The predicted octanol–water partition coefficient (Wildman–Crippen LogP) is 5.69. The molecule has 0 spiro atoms. The summed E-state index contributed by atoms with van der Waals surface area (Å²) in [5.74, 6) is -0.127. The van der Waals surface area contributed by atoms with E-state index in [9.17, 15) is 4.79 Å². The minimum absolute atomic E-state index is 0.127. The molecule has 0 bridgehead atoms. The molecule has 0 rings (SSSR count). The number of hydrogen-bond donors (Lipinski definition) is 0. The zero-order valence-corrected chi connectivity index (χ0v) is 18.7. The van der Waals surface area contributed by atoms with Crippen molar-refractivity contribution < 1.29 is 23.7 Å². The number of hydrogen-bond acceptors (Lipinski definition) is 5. The Kier molecular flexibility index (Phi) is 23.8. The predicted molar refractivity (Wildman–Crippen MR) is 115 cm³/mol. The minimum Gasteiger partial charge on any atom is -0.466 e. The lowest BCUT2D eigenvalue weighted by atomic mass is 10.1. The molecule has 28 heavy (non-hydrogen) atoms. The molecule has 0 atom stereocenters. The van der Waals surface area contributed by atoms with E-state index < -0.39 is 0 Å². The van der Waals surface area contributed by atoms with Crippen molar-refractivity contribution in [1.29, 1.82) is 0 Å². The molecule has 0 unspecified atom stereocenters. The molecular weight excluding hydrogens is 356 g/mol. The molecule has 0 aromatic heterocycles. The fourth-order valence-electron chi connectivity index (χ4n) is 2.78. The largest absolute Gasteiger partial charge is 0.466 e. The zero-order chi connectivity index (χ0) is 20.5. The Bertz CT molecular complexity index is 309. The van der Waals surface area contributed by atoms with Gasteiger partial charge >= 0.3 is 5.97 Å². The van der Waals surface area contributed by atoms with Gasteiger partial charge in [0, 0.05) is 19.6 Å². The van der Waals surface area contributed by atoms with Crippen molar-refractivity contribution in [3.63, 3.8) is 0 Å². The molecule has 0 aliphatic heterocycles. The summed E-state index contributed by atoms with van der Waals surface area (Å²) in [6, 6.07) is 0. The van der Waals surface area contributed by atoms with Crippen LogP contribution in [0.5, 0.6) is 0 Å². The van der Waals surface area contributed by atoms with Crippen LogP contribution >= 0.6 is 0 Å². The maximum atomic E-state index is 11.4. The fourth-order valence-corrected chi connectivity index (χ4v) is 2.78. The highest BCUT2D eigenvalue weighted by Gasteiger charge is 2.02. The van der Waals surface area contributed by atoms with Gasteiger partial charge in [-0.15, -0.1) is 0 Å². The first kappa shape index (κ1) is 27.4. The molecule has 0 saturated heterocycles. The number of carbonyl (C=O) groups is 1. The van der Waals surface area contributed by atoms with Crippen molar-refractivity contribution in [2.75, 3.05) is 46.2 Å². The van der Waals surface area contributed by atoms with Crippen molar-refractivity contribution in [3.05, 3.63) is 0 Å². The van der Waals surface area contributed by atoms with Gasteiger partial charge in [0.1, 0.15) is 0 Å². The number of esters is 1. The summed E-state index contributed by atoms with van der Waals surface area (Å²) in [5.41, 5.74) is 0. The molecule has 0 N–H and O–H groups in total. The van der Waals surface area contributed by atoms with E-state index in [1.165, 1.54) is 51.4 Å². The van der Waals surface area contributed by atoms with E-state index in [2.05, 4.69) is 13.8 Å². The van der Waals surface area contributed by atoms with Gasteiger partial charge in [0.25, 0.3) is 0 Å². The summed E-state index contributed by atoms with van der Waals surface area (Å²) in [6.07, 6.45) is 15.1. The molecule has 0 radical (unpaired) electrons. The summed E-state index contributed by atoms with van der Waals surface area (Å²) in [4.78, 5) is 11.4. The molecule has 0 heterocycles. The average Bonchev–Trinajstić information content (AvgIpc) is 2.70. The summed E-state index contributed by atoms with van der Waals surface area (Å²) < 4.78 is 21.6. The second kappa shape index (κ2) is 24.4. The first-order chi connectivity index (χ1) is 13.8. The maximum Gasteiger partial charge on any atom is 0.305 e. The Balaban J connectivity index is 3.06. The molecule has 0 saturated carbocycles. The van der Waals surface area contributed by atoms with Crippen molar-refractivity contribution in [2.45, 2.75) is 97.3 Å². The van der Waals surface area contributed by atoms with Crippen LogP contribution in [0.2, 0.25) is 0 Å². The van der Waals surface area contributed by atoms with Gasteiger partial charge in [-0.2, -0.15) is 0 Å². The van der Waals surface area contributed by atoms with E-state index >= 15 is 0 Å². The Hall–Kier alpha value is -0.650. The van der Waals surface area contributed by atoms with Crippen LogP contribution < -0.4 is 0 Å². The Morgan fingerprint density at radius 1 is 0.500 bits per heavy atom. The standard InChI is InChI=1S/C23H46O5/c1-3-5-7-8-9-10-11-12-13-16-25-19-21-27-22-20-26-17-14-15-23(24)28-18-6-4-2/h3-22H2,1-2H3. The quantitative estimate of drug-likeness (QED) is 0.162. The van der Waals surface area contributed by atoms with E-state index in [1.807, 2.05) is 0 Å². The van der Waals surface area contributed by atoms with Crippen molar-refractivity contribution in [2.24, 2.45) is 0 Å². The third-order valence-electron chi connectivity index (χ3n) is 4.57. The minimum atomic E-state index is -0.127. The normalized spacial score (nSPS) is 11.1. The maximum absolute atomic E-state index is 11.4. The summed E-state index contributed by atoms with van der Waals surface area (Å²) in [6.45, 7) is 8.68. The van der Waals surface area contributed by atoms with Crippen LogP contribution in [-0.2, 0) is 23.7 Å². The first-order valence-corrected chi connectivity index (χ1v) is 11.7. The van der Waals surface area contributed by atoms with Crippen molar-refractivity contribution in [1.82, 2.24) is 0 Å². The highest BCUT2D eigenvalue weighted by atomic mass is 16.5. The molecule has 0 aliphatic rings. The van der Waals surface area contributed by atoms with E-state index in [-0.39, 0.29) is 5.97 Å². The van der Waals surface area contributed by atoms with Crippen LogP contribution in [0, 0.1) is 0 Å². The van der Waals surface area contributed by atoms with Gasteiger partial charge in [-0.3, -0.25) is 4.79 Å². The highest BCUT2D eigenvalue weighted by molar-refractivity contribution is 5.69. The number of unbranched alkanes of at least 4 members (excludes halogenated alkanes) is 9. The number of ether oxygens (including phenoxy) is 4. The summed E-state index contributed by atoms with van der Waals surface area (Å²) >= 11 is 0. The van der Waals surface area contributed by atoms with Crippen LogP contribution in [0.3, 0.4) is 0 Å². The third kappa shape index (κ3) is 23.4. The van der Waals surface area contributed by atoms with Crippen LogP contribution in [0.1, 0.15) is 97.3 Å². The van der Waals surface area contributed by atoms with E-state index in [0.717, 1.165) is 25.9 Å². The summed E-state index contributed by atoms with van der Waals surface area (Å²) in [5, 5.41) is 0. The van der Waals surface area contributed by atoms with Crippen LogP contribution in [0.25, 0.3) is 0 Å². The zero-order valence-electron chi connectivity index (χ0n) is 18.7. The van der Waals surface area contributed by atoms with E-state index in [1.54, 1.807) is 0 Å². The monoisotopic (exact) mass is 402 g/mol. The van der Waals surface area contributed by atoms with E-state index in [4.69, 9.17) is 18.9 Å². The lowest BCUT2D eigenvalue weighted by Gasteiger charge is -2.07. The Morgan fingerprint density at radius 2 is 0.964 bits per heavy atom. The lowest BCUT2D eigenvalue weighted by Crippen LogP contribution is -2.11. The van der Waals surface area contributed by atoms with Crippen molar-refractivity contribution in [3.8, 4) is 0 Å². The molecule has 0 aliphatic carbocycles. The molecule has 5 nitrogen and oxygen atoms in total. The Morgan fingerprint density at radius 3 is 1.54 bits per heavy atom. The SMILES string of the molecule is CCCCCCCCCCCOCCOCCOCCCC(=O)OCCCC. The Labute approximate surface area is 173 Å². The van der Waals surface area contributed by atoms with E-state index in [0.29, 0.717) is 52.5 Å². The number of rotatable bonds is 23. The summed E-state index contributed by atoms with van der Waals surface area (Å²) in [7, 11) is 0. The van der Waals surface area contributed by atoms with Gasteiger partial charge in [0.15, 0.2) is 0 Å². The van der Waals surface area contributed by atoms with Crippen LogP contribution in [0.15, 0.2) is 0 Å². The van der Waals surface area contributed by atoms with Gasteiger partial charge in [-0.1, -0.05) is 71.6 Å². The fraction of sp³-hybridized carbons (Fsp3) is 0.957. The molecule has 0 aromatic carbocycles. The smallest absolute Gasteiger partial charge is 0.305 e. The molecular formula is C23H46O5. The second-order valence-electron chi connectivity index (χ2n) is 7.34. The van der Waals surface area contributed by atoms with Crippen LogP contribution in [0.4, 0.5) is 0 Å². The molecule has 0 aromatic rings. The topological polar surface area (TPSA) is 54.0 Å². The third-order valence-corrected chi connectivity index (χ3v) is 4.57. The van der Waals surface area contributed by atoms with Crippen LogP contribution in [-0.4, -0.2) is 52.2 Å².